The molecule has 1 aromatic heterocycles. The molecular weight excluding hydrogens is 282 g/mol. The number of hydrogen-bond donors (Lipinski definition) is 1. The van der Waals surface area contributed by atoms with E-state index < -0.39 is 0 Å². The van der Waals surface area contributed by atoms with Gasteiger partial charge in [-0.3, -0.25) is 4.79 Å². The molecular formula is C16H23N3O3. The van der Waals surface area contributed by atoms with Crippen LogP contribution in [0.25, 0.3) is 0 Å². The number of urea groups is 1. The van der Waals surface area contributed by atoms with E-state index in [1.54, 1.807) is 0 Å². The van der Waals surface area contributed by atoms with Crippen LogP contribution in [0.1, 0.15) is 40.3 Å². The lowest BCUT2D eigenvalue weighted by atomic mass is 10.0. The number of aryl methyl sites for hydroxylation is 2. The lowest BCUT2D eigenvalue weighted by molar-refractivity contribution is 0.0632. The van der Waals surface area contributed by atoms with Crippen molar-refractivity contribution >= 4 is 11.9 Å². The number of hydrogen-bond acceptors (Lipinski definition) is 3. The van der Waals surface area contributed by atoms with E-state index in [4.69, 9.17) is 4.42 Å². The van der Waals surface area contributed by atoms with Gasteiger partial charge >= 0.3 is 6.03 Å². The third-order valence-electron chi connectivity index (χ3n) is 4.79. The SMILES string of the molecule is Cc1oc(C)c(C(=O)N2CCCC(N3CCNC3=O)C2)c1C. The maximum absolute atomic E-state index is 12.8. The summed E-state index contributed by atoms with van der Waals surface area (Å²) in [7, 11) is 0. The second-order valence-electron chi connectivity index (χ2n) is 6.19. The van der Waals surface area contributed by atoms with Crippen molar-refractivity contribution in [1.82, 2.24) is 15.1 Å². The molecule has 1 N–H and O–H groups in total. The standard InChI is InChI=1S/C16H23N3O3/c1-10-11(2)22-12(3)14(10)15(20)18-7-4-5-13(9-18)19-8-6-17-16(19)21/h13H,4-9H2,1-3H3,(H,17,21). The Hall–Kier alpha value is -1.98. The maximum Gasteiger partial charge on any atom is 0.317 e. The van der Waals surface area contributed by atoms with E-state index in [-0.39, 0.29) is 18.0 Å². The average Bonchev–Trinajstić information content (AvgIpc) is 3.03. The van der Waals surface area contributed by atoms with Crippen LogP contribution in [0.3, 0.4) is 0 Å². The van der Waals surface area contributed by atoms with Gasteiger partial charge in [-0.15, -0.1) is 0 Å². The molecule has 120 valence electrons. The van der Waals surface area contributed by atoms with Crippen molar-refractivity contribution in [2.24, 2.45) is 0 Å². The van der Waals surface area contributed by atoms with Crippen LogP contribution in [0.5, 0.6) is 0 Å². The van der Waals surface area contributed by atoms with Gasteiger partial charge in [0, 0.05) is 31.7 Å². The third kappa shape index (κ3) is 2.46. The van der Waals surface area contributed by atoms with Gasteiger partial charge in [0.15, 0.2) is 0 Å². The molecule has 0 bridgehead atoms. The molecule has 2 fully saturated rings. The molecule has 1 atom stereocenters. The quantitative estimate of drug-likeness (QED) is 0.906. The minimum atomic E-state index is -0.00850. The molecule has 3 rings (SSSR count). The van der Waals surface area contributed by atoms with E-state index >= 15 is 0 Å². The molecule has 0 radical (unpaired) electrons. The summed E-state index contributed by atoms with van der Waals surface area (Å²) in [6, 6.07) is 0.111. The first-order valence-electron chi connectivity index (χ1n) is 7.89. The summed E-state index contributed by atoms with van der Waals surface area (Å²) < 4.78 is 5.58. The van der Waals surface area contributed by atoms with Gasteiger partial charge in [0.1, 0.15) is 11.5 Å². The second kappa shape index (κ2) is 5.66. The number of nitrogens with one attached hydrogen (secondary N) is 1. The van der Waals surface area contributed by atoms with Crippen molar-refractivity contribution in [3.63, 3.8) is 0 Å². The van der Waals surface area contributed by atoms with Crippen LogP contribution in [-0.4, -0.2) is 54.0 Å². The van der Waals surface area contributed by atoms with Crippen LogP contribution in [0.2, 0.25) is 0 Å². The topological polar surface area (TPSA) is 65.8 Å². The van der Waals surface area contributed by atoms with Gasteiger partial charge in [-0.1, -0.05) is 0 Å². The first-order valence-corrected chi connectivity index (χ1v) is 7.89. The Morgan fingerprint density at radius 1 is 1.23 bits per heavy atom. The number of likely N-dealkylation sites (tertiary alicyclic amines) is 1. The number of carbonyl (C=O) groups is 2. The highest BCUT2D eigenvalue weighted by atomic mass is 16.3. The van der Waals surface area contributed by atoms with Crippen LogP contribution < -0.4 is 5.32 Å². The van der Waals surface area contributed by atoms with Gasteiger partial charge in [0.05, 0.1) is 11.6 Å². The number of nitrogens with zero attached hydrogens (tertiary/aromatic N) is 2. The van der Waals surface area contributed by atoms with Crippen molar-refractivity contribution in [1.29, 1.82) is 0 Å². The highest BCUT2D eigenvalue weighted by Crippen LogP contribution is 2.25. The minimum absolute atomic E-state index is 0.00850. The molecule has 2 aliphatic rings. The summed E-state index contributed by atoms with van der Waals surface area (Å²) in [6.45, 7) is 8.42. The molecule has 2 saturated heterocycles. The van der Waals surface area contributed by atoms with Crippen molar-refractivity contribution < 1.29 is 14.0 Å². The third-order valence-corrected chi connectivity index (χ3v) is 4.79. The number of piperidine rings is 1. The second-order valence-corrected chi connectivity index (χ2v) is 6.19. The zero-order valence-corrected chi connectivity index (χ0v) is 13.4. The molecule has 6 nitrogen and oxygen atoms in total. The zero-order valence-electron chi connectivity index (χ0n) is 13.4. The normalized spacial score (nSPS) is 22.1. The Morgan fingerprint density at radius 2 is 2.00 bits per heavy atom. The Kier molecular flexibility index (Phi) is 3.85. The van der Waals surface area contributed by atoms with Crippen molar-refractivity contribution in [2.45, 2.75) is 39.7 Å². The number of rotatable bonds is 2. The average molecular weight is 305 g/mol. The van der Waals surface area contributed by atoms with Crippen LogP contribution in [-0.2, 0) is 0 Å². The summed E-state index contributed by atoms with van der Waals surface area (Å²) in [5, 5.41) is 2.83. The van der Waals surface area contributed by atoms with E-state index in [2.05, 4.69) is 5.32 Å². The fourth-order valence-corrected chi connectivity index (χ4v) is 3.49. The van der Waals surface area contributed by atoms with Gasteiger partial charge < -0.3 is 19.5 Å². The van der Waals surface area contributed by atoms with Crippen LogP contribution in [0, 0.1) is 20.8 Å². The van der Waals surface area contributed by atoms with Crippen LogP contribution in [0.15, 0.2) is 4.42 Å². The first kappa shape index (κ1) is 14.9. The Bertz CT molecular complexity index is 608. The van der Waals surface area contributed by atoms with E-state index in [0.717, 1.165) is 37.3 Å². The van der Waals surface area contributed by atoms with Gasteiger partial charge in [-0.2, -0.15) is 0 Å². The summed E-state index contributed by atoms with van der Waals surface area (Å²) in [4.78, 5) is 28.4. The Morgan fingerprint density at radius 3 is 2.59 bits per heavy atom. The summed E-state index contributed by atoms with van der Waals surface area (Å²) in [5.41, 5.74) is 1.60. The zero-order chi connectivity index (χ0) is 15.9. The smallest absolute Gasteiger partial charge is 0.317 e. The number of amides is 3. The van der Waals surface area contributed by atoms with E-state index in [1.165, 1.54) is 0 Å². The molecule has 0 aliphatic carbocycles. The fourth-order valence-electron chi connectivity index (χ4n) is 3.49. The molecule has 1 aromatic rings. The molecule has 0 saturated carbocycles. The molecule has 2 aliphatic heterocycles. The predicted molar refractivity (Wildman–Crippen MR) is 81.9 cm³/mol. The summed E-state index contributed by atoms with van der Waals surface area (Å²) in [6.07, 6.45) is 1.88. The molecule has 6 heteroatoms. The molecule has 0 aromatic carbocycles. The van der Waals surface area contributed by atoms with Crippen molar-refractivity contribution in [3.8, 4) is 0 Å². The number of carbonyl (C=O) groups excluding carboxylic acids is 2. The fraction of sp³-hybridized carbons (Fsp3) is 0.625. The summed E-state index contributed by atoms with van der Waals surface area (Å²) in [5.74, 6) is 1.51. The monoisotopic (exact) mass is 305 g/mol. The van der Waals surface area contributed by atoms with Gasteiger partial charge in [0.25, 0.3) is 5.91 Å². The van der Waals surface area contributed by atoms with Crippen LogP contribution in [0.4, 0.5) is 4.79 Å². The Labute approximate surface area is 130 Å². The van der Waals surface area contributed by atoms with Crippen molar-refractivity contribution in [3.05, 3.63) is 22.6 Å². The van der Waals surface area contributed by atoms with E-state index in [1.807, 2.05) is 30.6 Å². The van der Waals surface area contributed by atoms with Gasteiger partial charge in [0.2, 0.25) is 0 Å². The molecule has 1 unspecified atom stereocenters. The first-order chi connectivity index (χ1) is 10.5. The highest BCUT2D eigenvalue weighted by molar-refractivity contribution is 5.97. The lowest BCUT2D eigenvalue weighted by Gasteiger charge is -2.37. The summed E-state index contributed by atoms with van der Waals surface area (Å²) >= 11 is 0. The van der Waals surface area contributed by atoms with Crippen LogP contribution >= 0.6 is 0 Å². The molecule has 3 heterocycles. The predicted octanol–water partition coefficient (Wildman–Crippen LogP) is 1.83. The van der Waals surface area contributed by atoms with E-state index in [9.17, 15) is 9.59 Å². The highest BCUT2D eigenvalue weighted by Gasteiger charge is 2.34. The van der Waals surface area contributed by atoms with Gasteiger partial charge in [-0.25, -0.2) is 4.79 Å². The Balaban J connectivity index is 1.77. The van der Waals surface area contributed by atoms with Gasteiger partial charge in [-0.05, 0) is 33.6 Å². The van der Waals surface area contributed by atoms with Crippen molar-refractivity contribution in [2.75, 3.05) is 26.2 Å². The maximum atomic E-state index is 12.8. The minimum Gasteiger partial charge on any atom is -0.466 e. The molecule has 0 spiro atoms. The number of furan rings is 1. The molecule has 22 heavy (non-hydrogen) atoms. The lowest BCUT2D eigenvalue weighted by Crippen LogP contribution is -2.50. The van der Waals surface area contributed by atoms with E-state index in [0.29, 0.717) is 24.4 Å². The largest absolute Gasteiger partial charge is 0.466 e. The molecule has 3 amide bonds.